The molecular formula is C19H18ClN3O3. The molecule has 0 spiro atoms. The predicted octanol–water partition coefficient (Wildman–Crippen LogP) is 4.33. The van der Waals surface area contributed by atoms with Crippen LogP contribution in [0.3, 0.4) is 0 Å². The van der Waals surface area contributed by atoms with E-state index in [-0.39, 0.29) is 17.0 Å². The van der Waals surface area contributed by atoms with Crippen LogP contribution in [0.1, 0.15) is 24.2 Å². The molecule has 0 atom stereocenters. The summed E-state index contributed by atoms with van der Waals surface area (Å²) in [5.41, 5.74) is 1.63. The van der Waals surface area contributed by atoms with Crippen molar-refractivity contribution in [3.05, 3.63) is 53.3 Å². The Morgan fingerprint density at radius 2 is 2.04 bits per heavy atom. The molecule has 1 N–H and O–H groups in total. The highest BCUT2D eigenvalue weighted by Crippen LogP contribution is 2.30. The maximum Gasteiger partial charge on any atom is 0.257 e. The molecule has 0 saturated carbocycles. The number of hydrogen-bond acceptors (Lipinski definition) is 5. The summed E-state index contributed by atoms with van der Waals surface area (Å²) in [5.74, 6) is 0.613. The predicted molar refractivity (Wildman–Crippen MR) is 101 cm³/mol. The van der Waals surface area contributed by atoms with Gasteiger partial charge in [-0.3, -0.25) is 9.78 Å². The number of pyridine rings is 2. The lowest BCUT2D eigenvalue weighted by Crippen LogP contribution is -2.14. The van der Waals surface area contributed by atoms with Crippen molar-refractivity contribution < 1.29 is 14.3 Å². The van der Waals surface area contributed by atoms with E-state index in [2.05, 4.69) is 15.3 Å². The number of aromatic nitrogens is 2. The number of methoxy groups -OCH3 is 1. The molecule has 1 aromatic carbocycles. The molecule has 0 radical (unpaired) electrons. The van der Waals surface area contributed by atoms with Crippen LogP contribution < -0.4 is 14.8 Å². The Labute approximate surface area is 156 Å². The molecule has 2 aromatic heterocycles. The largest absolute Gasteiger partial charge is 0.494 e. The van der Waals surface area contributed by atoms with E-state index in [1.165, 1.54) is 12.3 Å². The SMILES string of the molecule is COc1ccc(NC(=O)c2cnc(OC(C)C)c(Cl)c2)c2cccnc12. The van der Waals surface area contributed by atoms with E-state index < -0.39 is 0 Å². The van der Waals surface area contributed by atoms with Gasteiger partial charge in [0.15, 0.2) is 0 Å². The molecule has 26 heavy (non-hydrogen) atoms. The van der Waals surface area contributed by atoms with Gasteiger partial charge in [-0.1, -0.05) is 11.6 Å². The van der Waals surface area contributed by atoms with Crippen molar-refractivity contribution in [3.8, 4) is 11.6 Å². The molecule has 0 unspecified atom stereocenters. The van der Waals surface area contributed by atoms with E-state index in [9.17, 15) is 4.79 Å². The molecule has 0 aliphatic rings. The molecule has 2 heterocycles. The number of fused-ring (bicyclic) bond motifs is 1. The van der Waals surface area contributed by atoms with Gasteiger partial charge in [-0.25, -0.2) is 4.98 Å². The van der Waals surface area contributed by atoms with Crippen molar-refractivity contribution in [1.29, 1.82) is 0 Å². The quantitative estimate of drug-likeness (QED) is 0.722. The minimum absolute atomic E-state index is 0.0576. The lowest BCUT2D eigenvalue weighted by molar-refractivity contribution is 0.102. The summed E-state index contributed by atoms with van der Waals surface area (Å²) < 4.78 is 10.8. The van der Waals surface area contributed by atoms with E-state index in [4.69, 9.17) is 21.1 Å². The van der Waals surface area contributed by atoms with E-state index in [1.807, 2.05) is 19.9 Å². The minimum atomic E-state index is -0.328. The van der Waals surface area contributed by atoms with Gasteiger partial charge in [0.05, 0.1) is 24.5 Å². The third kappa shape index (κ3) is 3.70. The lowest BCUT2D eigenvalue weighted by Gasteiger charge is -2.12. The Morgan fingerprint density at radius 3 is 2.73 bits per heavy atom. The Hall–Kier alpha value is -2.86. The molecule has 3 rings (SSSR count). The molecule has 6 nitrogen and oxygen atoms in total. The molecule has 7 heteroatoms. The van der Waals surface area contributed by atoms with Crippen LogP contribution in [0.4, 0.5) is 5.69 Å². The van der Waals surface area contributed by atoms with E-state index in [0.29, 0.717) is 28.4 Å². The Balaban J connectivity index is 1.89. The van der Waals surface area contributed by atoms with Crippen molar-refractivity contribution in [2.24, 2.45) is 0 Å². The molecule has 0 aliphatic carbocycles. The van der Waals surface area contributed by atoms with Crippen LogP contribution in [0.25, 0.3) is 10.9 Å². The van der Waals surface area contributed by atoms with Gasteiger partial charge < -0.3 is 14.8 Å². The Morgan fingerprint density at radius 1 is 1.23 bits per heavy atom. The number of ether oxygens (including phenoxy) is 2. The summed E-state index contributed by atoms with van der Waals surface area (Å²) in [7, 11) is 1.58. The number of anilines is 1. The number of halogens is 1. The first kappa shape index (κ1) is 17.9. The second kappa shape index (κ2) is 7.58. The zero-order chi connectivity index (χ0) is 18.7. The topological polar surface area (TPSA) is 73.3 Å². The maximum atomic E-state index is 12.6. The van der Waals surface area contributed by atoms with E-state index in [1.54, 1.807) is 31.5 Å². The second-order valence-corrected chi connectivity index (χ2v) is 6.25. The molecule has 3 aromatic rings. The van der Waals surface area contributed by atoms with Crippen LogP contribution in [0.2, 0.25) is 5.02 Å². The number of carbonyl (C=O) groups is 1. The molecular weight excluding hydrogens is 354 g/mol. The van der Waals surface area contributed by atoms with Gasteiger partial charge in [0, 0.05) is 17.8 Å². The van der Waals surface area contributed by atoms with Gasteiger partial charge in [-0.15, -0.1) is 0 Å². The summed E-state index contributed by atoms with van der Waals surface area (Å²) in [6, 6.07) is 8.73. The first-order valence-electron chi connectivity index (χ1n) is 8.05. The first-order chi connectivity index (χ1) is 12.5. The number of benzene rings is 1. The molecule has 134 valence electrons. The normalized spacial score (nSPS) is 10.8. The zero-order valence-electron chi connectivity index (χ0n) is 14.6. The third-order valence-corrected chi connectivity index (χ3v) is 3.89. The number of carbonyl (C=O) groups excluding carboxylic acids is 1. The average Bonchev–Trinajstić information content (AvgIpc) is 2.63. The van der Waals surface area contributed by atoms with Crippen molar-refractivity contribution >= 4 is 34.1 Å². The fourth-order valence-electron chi connectivity index (χ4n) is 2.47. The van der Waals surface area contributed by atoms with E-state index in [0.717, 1.165) is 5.39 Å². The zero-order valence-corrected chi connectivity index (χ0v) is 15.4. The second-order valence-electron chi connectivity index (χ2n) is 5.85. The van der Waals surface area contributed by atoms with Crippen LogP contribution in [0, 0.1) is 0 Å². The minimum Gasteiger partial charge on any atom is -0.494 e. The van der Waals surface area contributed by atoms with Crippen LogP contribution >= 0.6 is 11.6 Å². The standard InChI is InChI=1S/C19H18ClN3O3/c1-11(2)26-19-14(20)9-12(10-22-19)18(24)23-15-6-7-16(25-3)17-13(15)5-4-8-21-17/h4-11H,1-3H3,(H,23,24). The Kier molecular flexibility index (Phi) is 5.23. The van der Waals surface area contributed by atoms with Gasteiger partial charge >= 0.3 is 0 Å². The fraction of sp³-hybridized carbons (Fsp3) is 0.211. The highest BCUT2D eigenvalue weighted by molar-refractivity contribution is 6.32. The van der Waals surface area contributed by atoms with Gasteiger partial charge in [0.2, 0.25) is 5.88 Å². The van der Waals surface area contributed by atoms with Crippen LogP contribution in [0.5, 0.6) is 11.6 Å². The first-order valence-corrected chi connectivity index (χ1v) is 8.42. The summed E-state index contributed by atoms with van der Waals surface area (Å²) in [5, 5.41) is 3.93. The molecule has 1 amide bonds. The molecule has 0 aliphatic heterocycles. The van der Waals surface area contributed by atoms with Crippen LogP contribution in [0.15, 0.2) is 42.7 Å². The summed E-state index contributed by atoms with van der Waals surface area (Å²) >= 11 is 6.16. The highest BCUT2D eigenvalue weighted by Gasteiger charge is 2.14. The number of nitrogens with one attached hydrogen (secondary N) is 1. The molecule has 0 fully saturated rings. The number of rotatable bonds is 5. The van der Waals surface area contributed by atoms with Gasteiger partial charge in [-0.2, -0.15) is 0 Å². The lowest BCUT2D eigenvalue weighted by atomic mass is 10.1. The van der Waals surface area contributed by atoms with Crippen molar-refractivity contribution in [2.45, 2.75) is 20.0 Å². The fourth-order valence-corrected chi connectivity index (χ4v) is 2.69. The number of hydrogen-bond donors (Lipinski definition) is 1. The average molecular weight is 372 g/mol. The third-order valence-electron chi connectivity index (χ3n) is 3.62. The maximum absolute atomic E-state index is 12.6. The monoisotopic (exact) mass is 371 g/mol. The smallest absolute Gasteiger partial charge is 0.257 e. The Bertz CT molecular complexity index is 960. The number of amides is 1. The van der Waals surface area contributed by atoms with Gasteiger partial charge in [0.1, 0.15) is 16.3 Å². The van der Waals surface area contributed by atoms with Crippen molar-refractivity contribution in [1.82, 2.24) is 9.97 Å². The van der Waals surface area contributed by atoms with Crippen LogP contribution in [-0.2, 0) is 0 Å². The van der Waals surface area contributed by atoms with Gasteiger partial charge in [0.25, 0.3) is 5.91 Å². The molecule has 0 saturated heterocycles. The summed E-state index contributed by atoms with van der Waals surface area (Å²) in [6.45, 7) is 3.75. The molecule has 0 bridgehead atoms. The van der Waals surface area contributed by atoms with Crippen molar-refractivity contribution in [3.63, 3.8) is 0 Å². The summed E-state index contributed by atoms with van der Waals surface area (Å²) in [4.78, 5) is 21.0. The van der Waals surface area contributed by atoms with Gasteiger partial charge in [-0.05, 0) is 44.2 Å². The van der Waals surface area contributed by atoms with E-state index >= 15 is 0 Å². The highest BCUT2D eigenvalue weighted by atomic mass is 35.5. The van der Waals surface area contributed by atoms with Crippen LogP contribution in [-0.4, -0.2) is 29.1 Å². The van der Waals surface area contributed by atoms with Crippen molar-refractivity contribution in [2.75, 3.05) is 12.4 Å². The summed E-state index contributed by atoms with van der Waals surface area (Å²) in [6.07, 6.45) is 3.05. The number of nitrogens with zero attached hydrogens (tertiary/aromatic N) is 2.